The van der Waals surface area contributed by atoms with E-state index in [2.05, 4.69) is 74.2 Å². The molecular formula is C33H46O. The number of benzene rings is 2. The van der Waals surface area contributed by atoms with Gasteiger partial charge in [0.2, 0.25) is 0 Å². The lowest BCUT2D eigenvalue weighted by Gasteiger charge is -2.26. The van der Waals surface area contributed by atoms with Crippen molar-refractivity contribution in [2.45, 2.75) is 110 Å². The predicted octanol–water partition coefficient (Wildman–Crippen LogP) is 9.48. The smallest absolute Gasteiger partial charge is 0.119 e. The Morgan fingerprint density at radius 2 is 1.35 bits per heavy atom. The van der Waals surface area contributed by atoms with E-state index >= 15 is 0 Å². The van der Waals surface area contributed by atoms with E-state index in [0.717, 1.165) is 24.3 Å². The molecule has 0 aliphatic heterocycles. The molecule has 1 saturated carbocycles. The standard InChI is InChI=1S/C33H46O/c1-3-5-6-7-8-9-10-11-27-34-33-25-23-32(24-26-33)31-21-19-30(20-22-31)18-17-29-15-13-28(12-4-2)14-16-29/h13-16,23-26,30-31H,3-12,19-22,27H2,1-2H3/t30-,31-. The molecule has 0 bridgehead atoms. The van der Waals surface area contributed by atoms with Crippen LogP contribution in [0.15, 0.2) is 48.5 Å². The molecule has 1 heteroatoms. The van der Waals surface area contributed by atoms with Gasteiger partial charge in [-0.1, -0.05) is 101 Å². The van der Waals surface area contributed by atoms with Crippen molar-refractivity contribution in [2.24, 2.45) is 5.92 Å². The minimum absolute atomic E-state index is 0.542. The van der Waals surface area contributed by atoms with Gasteiger partial charge in [0.15, 0.2) is 0 Å². The second-order valence-corrected chi connectivity index (χ2v) is 10.2. The van der Waals surface area contributed by atoms with Gasteiger partial charge in [0, 0.05) is 11.5 Å². The van der Waals surface area contributed by atoms with Gasteiger partial charge in [-0.15, -0.1) is 0 Å². The summed E-state index contributed by atoms with van der Waals surface area (Å²) in [7, 11) is 0. The summed E-state index contributed by atoms with van der Waals surface area (Å²) >= 11 is 0. The van der Waals surface area contributed by atoms with Crippen LogP contribution in [0.25, 0.3) is 0 Å². The van der Waals surface area contributed by atoms with Crippen LogP contribution in [0.3, 0.4) is 0 Å². The topological polar surface area (TPSA) is 9.23 Å². The lowest BCUT2D eigenvalue weighted by atomic mass is 9.79. The highest BCUT2D eigenvalue weighted by Crippen LogP contribution is 2.36. The van der Waals surface area contributed by atoms with Gasteiger partial charge in [-0.3, -0.25) is 0 Å². The summed E-state index contributed by atoms with van der Waals surface area (Å²) in [4.78, 5) is 0. The summed E-state index contributed by atoms with van der Waals surface area (Å²) in [5, 5.41) is 0. The van der Waals surface area contributed by atoms with E-state index in [4.69, 9.17) is 4.74 Å². The maximum atomic E-state index is 5.99. The number of aryl methyl sites for hydroxylation is 1. The Morgan fingerprint density at radius 3 is 2.00 bits per heavy atom. The van der Waals surface area contributed by atoms with E-state index in [1.54, 1.807) is 0 Å². The molecular weight excluding hydrogens is 412 g/mol. The van der Waals surface area contributed by atoms with Crippen LogP contribution in [0.1, 0.15) is 120 Å². The first kappa shape index (κ1) is 26.4. The summed E-state index contributed by atoms with van der Waals surface area (Å²) in [6.45, 7) is 5.35. The van der Waals surface area contributed by atoms with E-state index in [-0.39, 0.29) is 0 Å². The third-order valence-electron chi connectivity index (χ3n) is 7.26. The highest BCUT2D eigenvalue weighted by molar-refractivity contribution is 5.37. The second-order valence-electron chi connectivity index (χ2n) is 10.2. The van der Waals surface area contributed by atoms with Crippen LogP contribution in [0.5, 0.6) is 5.75 Å². The van der Waals surface area contributed by atoms with Gasteiger partial charge in [0.1, 0.15) is 5.75 Å². The quantitative estimate of drug-likeness (QED) is 0.214. The monoisotopic (exact) mass is 458 g/mol. The molecule has 1 nitrogen and oxygen atoms in total. The van der Waals surface area contributed by atoms with Crippen LogP contribution in [-0.2, 0) is 6.42 Å². The molecule has 184 valence electrons. The maximum Gasteiger partial charge on any atom is 0.119 e. The number of ether oxygens (including phenoxy) is 1. The zero-order valence-electron chi connectivity index (χ0n) is 21.8. The van der Waals surface area contributed by atoms with Crippen molar-refractivity contribution >= 4 is 0 Å². The fraction of sp³-hybridized carbons (Fsp3) is 0.576. The fourth-order valence-corrected chi connectivity index (χ4v) is 5.06. The maximum absolute atomic E-state index is 5.99. The lowest BCUT2D eigenvalue weighted by molar-refractivity contribution is 0.304. The van der Waals surface area contributed by atoms with Crippen molar-refractivity contribution in [1.82, 2.24) is 0 Å². The highest BCUT2D eigenvalue weighted by atomic mass is 16.5. The molecule has 34 heavy (non-hydrogen) atoms. The summed E-state index contributed by atoms with van der Waals surface area (Å²) in [5.74, 6) is 9.21. The van der Waals surface area contributed by atoms with E-state index < -0.39 is 0 Å². The van der Waals surface area contributed by atoms with Crippen molar-refractivity contribution in [3.63, 3.8) is 0 Å². The Morgan fingerprint density at radius 1 is 0.706 bits per heavy atom. The van der Waals surface area contributed by atoms with Gasteiger partial charge in [0.25, 0.3) is 0 Å². The number of hydrogen-bond donors (Lipinski definition) is 0. The molecule has 1 aliphatic rings. The molecule has 0 N–H and O–H groups in total. The first-order valence-electron chi connectivity index (χ1n) is 14.1. The van der Waals surface area contributed by atoms with Crippen molar-refractivity contribution in [1.29, 1.82) is 0 Å². The van der Waals surface area contributed by atoms with Crippen LogP contribution in [0.4, 0.5) is 0 Å². The third-order valence-corrected chi connectivity index (χ3v) is 7.26. The molecule has 1 aliphatic carbocycles. The molecule has 0 aromatic heterocycles. The van der Waals surface area contributed by atoms with Crippen LogP contribution in [-0.4, -0.2) is 6.61 Å². The zero-order valence-corrected chi connectivity index (χ0v) is 21.8. The molecule has 0 heterocycles. The summed E-state index contributed by atoms with van der Waals surface area (Å²) in [5.41, 5.74) is 4.04. The predicted molar refractivity (Wildman–Crippen MR) is 147 cm³/mol. The molecule has 2 aromatic rings. The normalized spacial score (nSPS) is 17.7. The second kappa shape index (κ2) is 15.7. The Balaban J connectivity index is 1.32. The molecule has 0 amide bonds. The van der Waals surface area contributed by atoms with Crippen molar-refractivity contribution in [3.8, 4) is 17.6 Å². The molecule has 2 aromatic carbocycles. The largest absolute Gasteiger partial charge is 0.494 e. The first-order valence-corrected chi connectivity index (χ1v) is 14.1. The van der Waals surface area contributed by atoms with E-state index in [9.17, 15) is 0 Å². The Hall–Kier alpha value is -2.20. The molecule has 0 spiro atoms. The van der Waals surface area contributed by atoms with Crippen molar-refractivity contribution in [2.75, 3.05) is 6.61 Å². The van der Waals surface area contributed by atoms with Gasteiger partial charge in [0.05, 0.1) is 6.61 Å². The Kier molecular flexibility index (Phi) is 12.2. The number of hydrogen-bond acceptors (Lipinski definition) is 1. The van der Waals surface area contributed by atoms with Crippen molar-refractivity contribution < 1.29 is 4.74 Å². The average Bonchev–Trinajstić information content (AvgIpc) is 2.88. The first-order chi connectivity index (χ1) is 16.8. The molecule has 3 rings (SSSR count). The van der Waals surface area contributed by atoms with Crippen LogP contribution < -0.4 is 4.74 Å². The SMILES string of the molecule is CCCCCCCCCCOc1ccc([C@H]2CC[C@H](C#Cc3ccc(CCC)cc3)CC2)cc1. The van der Waals surface area contributed by atoms with Crippen LogP contribution >= 0.6 is 0 Å². The zero-order chi connectivity index (χ0) is 23.8. The fourth-order valence-electron chi connectivity index (χ4n) is 5.06. The number of rotatable bonds is 13. The summed E-state index contributed by atoms with van der Waals surface area (Å²) in [6, 6.07) is 17.8. The molecule has 0 radical (unpaired) electrons. The van der Waals surface area contributed by atoms with Crippen LogP contribution in [0, 0.1) is 17.8 Å². The lowest BCUT2D eigenvalue weighted by Crippen LogP contribution is -2.12. The van der Waals surface area contributed by atoms with Gasteiger partial charge < -0.3 is 4.74 Å². The van der Waals surface area contributed by atoms with E-state index in [1.165, 1.54) is 94.6 Å². The van der Waals surface area contributed by atoms with Gasteiger partial charge in [-0.05, 0) is 79.8 Å². The van der Waals surface area contributed by atoms with Crippen LogP contribution in [0.2, 0.25) is 0 Å². The summed E-state index contributed by atoms with van der Waals surface area (Å²) < 4.78 is 5.99. The third kappa shape index (κ3) is 9.58. The van der Waals surface area contributed by atoms with E-state index in [0.29, 0.717) is 11.8 Å². The molecule has 0 saturated heterocycles. The summed E-state index contributed by atoms with van der Waals surface area (Å²) in [6.07, 6.45) is 18.0. The molecule has 1 fully saturated rings. The van der Waals surface area contributed by atoms with E-state index in [1.807, 2.05) is 0 Å². The highest BCUT2D eigenvalue weighted by Gasteiger charge is 2.21. The Labute approximate surface area is 209 Å². The number of unbranched alkanes of at least 4 members (excludes halogenated alkanes) is 7. The van der Waals surface area contributed by atoms with Gasteiger partial charge in [-0.2, -0.15) is 0 Å². The molecule has 0 unspecified atom stereocenters. The average molecular weight is 459 g/mol. The van der Waals surface area contributed by atoms with Gasteiger partial charge >= 0.3 is 0 Å². The van der Waals surface area contributed by atoms with Gasteiger partial charge in [-0.25, -0.2) is 0 Å². The Bertz CT molecular complexity index is 844. The minimum Gasteiger partial charge on any atom is -0.494 e. The minimum atomic E-state index is 0.542. The molecule has 0 atom stereocenters. The van der Waals surface area contributed by atoms with Crippen molar-refractivity contribution in [3.05, 3.63) is 65.2 Å².